The Morgan fingerprint density at radius 3 is 1.62 bits per heavy atom. The lowest BCUT2D eigenvalue weighted by atomic mass is 9.91. The fourth-order valence-corrected chi connectivity index (χ4v) is 7.45. The van der Waals surface area contributed by atoms with E-state index in [0.29, 0.717) is 31.5 Å². The number of aliphatic hydroxyl groups excluding tert-OH is 1. The van der Waals surface area contributed by atoms with Crippen molar-refractivity contribution in [1.82, 2.24) is 4.90 Å². The number of aliphatic hydroxyl groups is 1. The van der Waals surface area contributed by atoms with Crippen LogP contribution in [0.5, 0.6) is 0 Å². The van der Waals surface area contributed by atoms with Gasteiger partial charge in [-0.2, -0.15) is 0 Å². The van der Waals surface area contributed by atoms with Crippen LogP contribution >= 0.6 is 0 Å². The van der Waals surface area contributed by atoms with Crippen molar-refractivity contribution in [3.63, 3.8) is 0 Å². The molecule has 1 saturated carbocycles. The molecule has 0 aromatic carbocycles. The maximum Gasteiger partial charge on any atom is 0.305 e. The number of carbonyl (C=O) groups is 2. The smallest absolute Gasteiger partial charge is 0.305 e. The lowest BCUT2D eigenvalue weighted by Gasteiger charge is -2.23. The normalized spacial score (nSPS) is 13.7. The zero-order valence-electron chi connectivity index (χ0n) is 33.8. The lowest BCUT2D eigenvalue weighted by molar-refractivity contribution is -0.145. The second-order valence-corrected chi connectivity index (χ2v) is 16.0. The van der Waals surface area contributed by atoms with E-state index >= 15 is 0 Å². The summed E-state index contributed by atoms with van der Waals surface area (Å²) in [6, 6.07) is 0. The van der Waals surface area contributed by atoms with Crippen LogP contribution in [0.2, 0.25) is 0 Å². The Labute approximate surface area is 311 Å². The highest BCUT2D eigenvalue weighted by atomic mass is 16.5. The molecule has 1 aliphatic rings. The number of hydrogen-bond donors (Lipinski definition) is 1. The van der Waals surface area contributed by atoms with Crippen molar-refractivity contribution in [3.05, 3.63) is 0 Å². The summed E-state index contributed by atoms with van der Waals surface area (Å²) in [4.78, 5) is 27.1. The first-order valence-corrected chi connectivity index (χ1v) is 22.1. The molecule has 0 bridgehead atoms. The van der Waals surface area contributed by atoms with Crippen molar-refractivity contribution in [3.8, 4) is 0 Å². The van der Waals surface area contributed by atoms with E-state index in [0.717, 1.165) is 70.5 Å². The Balaban J connectivity index is 2.12. The van der Waals surface area contributed by atoms with Crippen molar-refractivity contribution in [2.24, 2.45) is 11.3 Å². The van der Waals surface area contributed by atoms with E-state index in [1.807, 2.05) is 0 Å². The molecule has 0 spiro atoms. The van der Waals surface area contributed by atoms with Gasteiger partial charge in [0.25, 0.3) is 0 Å². The summed E-state index contributed by atoms with van der Waals surface area (Å²) in [7, 11) is 0. The number of esters is 2. The topological polar surface area (TPSA) is 76.1 Å². The Morgan fingerprint density at radius 1 is 0.540 bits per heavy atom. The highest BCUT2D eigenvalue weighted by molar-refractivity contribution is 5.69. The van der Waals surface area contributed by atoms with Gasteiger partial charge in [0.2, 0.25) is 0 Å². The van der Waals surface area contributed by atoms with Crippen molar-refractivity contribution >= 4 is 11.9 Å². The van der Waals surface area contributed by atoms with Crippen LogP contribution in [0.1, 0.15) is 220 Å². The number of ether oxygens (including phenoxy) is 2. The van der Waals surface area contributed by atoms with Gasteiger partial charge in [0, 0.05) is 19.4 Å². The molecule has 0 aromatic heterocycles. The van der Waals surface area contributed by atoms with Gasteiger partial charge in [-0.3, -0.25) is 9.59 Å². The van der Waals surface area contributed by atoms with Crippen molar-refractivity contribution in [2.75, 3.05) is 39.5 Å². The van der Waals surface area contributed by atoms with E-state index in [9.17, 15) is 14.7 Å². The van der Waals surface area contributed by atoms with Crippen LogP contribution < -0.4 is 0 Å². The van der Waals surface area contributed by atoms with Crippen molar-refractivity contribution in [2.45, 2.75) is 220 Å². The Morgan fingerprint density at radius 2 is 1.02 bits per heavy atom. The second-order valence-electron chi connectivity index (χ2n) is 16.0. The van der Waals surface area contributed by atoms with Gasteiger partial charge in [0.1, 0.15) is 0 Å². The van der Waals surface area contributed by atoms with Crippen LogP contribution in [0.25, 0.3) is 0 Å². The van der Waals surface area contributed by atoms with Crippen molar-refractivity contribution < 1.29 is 24.2 Å². The summed E-state index contributed by atoms with van der Waals surface area (Å²) >= 11 is 0. The van der Waals surface area contributed by atoms with Crippen LogP contribution in [-0.2, 0) is 19.1 Å². The maximum atomic E-state index is 12.5. The largest absolute Gasteiger partial charge is 0.466 e. The molecule has 50 heavy (non-hydrogen) atoms. The SMILES string of the molecule is CCCCCCCCCOC(=O)CCCCCCCN(CCCCO)CCCCC1(CCC(=O)OCCCCC(CCCC)CCCC)CC1. The molecule has 6 heteroatoms. The molecular weight excluding hydrogens is 622 g/mol. The molecular formula is C44H85NO5. The summed E-state index contributed by atoms with van der Waals surface area (Å²) in [6.45, 7) is 11.6. The van der Waals surface area contributed by atoms with Crippen LogP contribution in [0.4, 0.5) is 0 Å². The van der Waals surface area contributed by atoms with Gasteiger partial charge in [0.15, 0.2) is 0 Å². The highest BCUT2D eigenvalue weighted by Gasteiger charge is 2.41. The zero-order chi connectivity index (χ0) is 36.4. The fraction of sp³-hybridized carbons (Fsp3) is 0.955. The van der Waals surface area contributed by atoms with Gasteiger partial charge < -0.3 is 19.5 Å². The van der Waals surface area contributed by atoms with E-state index in [-0.39, 0.29) is 18.5 Å². The molecule has 0 unspecified atom stereocenters. The summed E-state index contributed by atoms with van der Waals surface area (Å²) in [5, 5.41) is 9.28. The number of unbranched alkanes of at least 4 members (excludes halogenated alkanes) is 15. The average molecular weight is 708 g/mol. The molecule has 296 valence electrons. The molecule has 6 nitrogen and oxygen atoms in total. The van der Waals surface area contributed by atoms with Crippen molar-refractivity contribution in [1.29, 1.82) is 0 Å². The summed E-state index contributed by atoms with van der Waals surface area (Å²) in [5.74, 6) is 0.851. The molecule has 0 aromatic rings. The quantitative estimate of drug-likeness (QED) is 0.0506. The summed E-state index contributed by atoms with van der Waals surface area (Å²) < 4.78 is 11.1. The van der Waals surface area contributed by atoms with Gasteiger partial charge in [0.05, 0.1) is 13.2 Å². The molecule has 0 aliphatic heterocycles. The van der Waals surface area contributed by atoms with E-state index in [4.69, 9.17) is 9.47 Å². The van der Waals surface area contributed by atoms with Crippen LogP contribution in [0.3, 0.4) is 0 Å². The Bertz CT molecular complexity index is 762. The number of hydrogen-bond acceptors (Lipinski definition) is 6. The highest BCUT2D eigenvalue weighted by Crippen LogP contribution is 2.53. The Hall–Kier alpha value is -1.14. The molecule has 0 atom stereocenters. The van der Waals surface area contributed by atoms with Crippen LogP contribution in [-0.4, -0.2) is 61.4 Å². The van der Waals surface area contributed by atoms with Crippen LogP contribution in [0, 0.1) is 11.3 Å². The van der Waals surface area contributed by atoms with Gasteiger partial charge >= 0.3 is 11.9 Å². The first kappa shape index (κ1) is 46.9. The minimum Gasteiger partial charge on any atom is -0.466 e. The van der Waals surface area contributed by atoms with E-state index < -0.39 is 0 Å². The van der Waals surface area contributed by atoms with Gasteiger partial charge in [-0.25, -0.2) is 0 Å². The van der Waals surface area contributed by atoms with Gasteiger partial charge in [-0.05, 0) is 108 Å². The standard InChI is InChI=1S/C44H85NO5/c1-4-7-10-11-12-16-24-39-49-42(47)29-17-14-13-15-20-35-45(37-22-23-38-46)36-21-19-31-44(33-34-44)32-30-43(48)50-40-25-18-28-41(26-8-5-2)27-9-6-3/h41,46H,4-40H2,1-3H3. The number of carbonyl (C=O) groups excluding carboxylic acids is 2. The minimum atomic E-state index is -0.0199. The monoisotopic (exact) mass is 708 g/mol. The third-order valence-corrected chi connectivity index (χ3v) is 11.2. The van der Waals surface area contributed by atoms with Gasteiger partial charge in [-0.15, -0.1) is 0 Å². The first-order valence-electron chi connectivity index (χ1n) is 22.1. The first-order chi connectivity index (χ1) is 24.5. The van der Waals surface area contributed by atoms with E-state index in [1.165, 1.54) is 141 Å². The maximum absolute atomic E-state index is 12.5. The third-order valence-electron chi connectivity index (χ3n) is 11.2. The molecule has 1 rings (SSSR count). The van der Waals surface area contributed by atoms with Gasteiger partial charge in [-0.1, -0.05) is 130 Å². The average Bonchev–Trinajstić information content (AvgIpc) is 3.90. The van der Waals surface area contributed by atoms with Crippen LogP contribution in [0.15, 0.2) is 0 Å². The second kappa shape index (κ2) is 33.7. The predicted octanol–water partition coefficient (Wildman–Crippen LogP) is 12.1. The predicted molar refractivity (Wildman–Crippen MR) is 212 cm³/mol. The molecule has 1 fully saturated rings. The zero-order valence-corrected chi connectivity index (χ0v) is 33.8. The lowest BCUT2D eigenvalue weighted by Crippen LogP contribution is -2.27. The molecule has 1 N–H and O–H groups in total. The number of nitrogens with zero attached hydrogens (tertiary/aromatic N) is 1. The van der Waals surface area contributed by atoms with E-state index in [2.05, 4.69) is 25.7 Å². The third kappa shape index (κ3) is 28.4. The van der Waals surface area contributed by atoms with E-state index in [1.54, 1.807) is 0 Å². The fourth-order valence-electron chi connectivity index (χ4n) is 7.45. The molecule has 1 aliphatic carbocycles. The molecule has 0 saturated heterocycles. The molecule has 0 radical (unpaired) electrons. The molecule has 0 amide bonds. The molecule has 0 heterocycles. The summed E-state index contributed by atoms with van der Waals surface area (Å²) in [6.07, 6.45) is 36.1. The Kier molecular flexibility index (Phi) is 31.6. The number of rotatable bonds is 39. The summed E-state index contributed by atoms with van der Waals surface area (Å²) in [5.41, 5.74) is 0.396. The minimum absolute atomic E-state index is 0.0126.